The fraction of sp³-hybridized carbons (Fsp3) is 0.233. The summed E-state index contributed by atoms with van der Waals surface area (Å²) in [7, 11) is -3.71. The van der Waals surface area contributed by atoms with Crippen LogP contribution in [0, 0.1) is 0 Å². The predicted molar refractivity (Wildman–Crippen MR) is 156 cm³/mol. The van der Waals surface area contributed by atoms with E-state index in [2.05, 4.69) is 10.5 Å². The Morgan fingerprint density at radius 1 is 1.00 bits per heavy atom. The van der Waals surface area contributed by atoms with E-state index in [4.69, 9.17) is 4.74 Å². The number of aromatic nitrogens is 1. The van der Waals surface area contributed by atoms with Crippen LogP contribution >= 0.6 is 0 Å². The molecule has 11 heteroatoms. The molecule has 1 aliphatic heterocycles. The molecule has 0 aliphatic carbocycles. The van der Waals surface area contributed by atoms with E-state index in [-0.39, 0.29) is 21.9 Å². The van der Waals surface area contributed by atoms with E-state index >= 15 is 0 Å². The SMILES string of the molecule is CCOc1ccc(-n2c(O)c(/C=N/NC(=O)c3cccc(S(=O)(=O)N4CCCCC4)c3)c3ccccc3c2=O)cc1. The van der Waals surface area contributed by atoms with Gasteiger partial charge in [-0.25, -0.2) is 18.4 Å². The van der Waals surface area contributed by atoms with E-state index in [1.165, 1.54) is 34.8 Å². The molecule has 0 saturated carbocycles. The quantitative estimate of drug-likeness (QED) is 0.241. The molecule has 0 atom stereocenters. The molecule has 41 heavy (non-hydrogen) atoms. The lowest BCUT2D eigenvalue weighted by Crippen LogP contribution is -2.35. The number of carbonyl (C=O) groups is 1. The molecule has 212 valence electrons. The summed E-state index contributed by atoms with van der Waals surface area (Å²) < 4.78 is 34.2. The molecular weight excluding hydrogens is 544 g/mol. The molecule has 5 rings (SSSR count). The molecule has 2 heterocycles. The zero-order valence-corrected chi connectivity index (χ0v) is 23.3. The van der Waals surface area contributed by atoms with Crippen LogP contribution in [0.5, 0.6) is 11.6 Å². The van der Waals surface area contributed by atoms with Crippen molar-refractivity contribution in [1.82, 2.24) is 14.3 Å². The summed E-state index contributed by atoms with van der Waals surface area (Å²) in [4.78, 5) is 26.3. The van der Waals surface area contributed by atoms with Gasteiger partial charge >= 0.3 is 0 Å². The second-order valence-corrected chi connectivity index (χ2v) is 11.5. The normalized spacial score (nSPS) is 14.4. The first-order valence-electron chi connectivity index (χ1n) is 13.3. The fourth-order valence-corrected chi connectivity index (χ4v) is 6.42. The van der Waals surface area contributed by atoms with Gasteiger partial charge in [0.05, 0.1) is 29.0 Å². The van der Waals surface area contributed by atoms with E-state index in [1.54, 1.807) is 48.5 Å². The highest BCUT2D eigenvalue weighted by atomic mass is 32.2. The molecular formula is C30H30N4O6S. The average Bonchev–Trinajstić information content (AvgIpc) is 3.00. The lowest BCUT2D eigenvalue weighted by molar-refractivity contribution is 0.0955. The number of piperidine rings is 1. The van der Waals surface area contributed by atoms with Gasteiger partial charge in [0.2, 0.25) is 15.9 Å². The highest BCUT2D eigenvalue weighted by Gasteiger charge is 2.26. The number of hydrogen-bond donors (Lipinski definition) is 2. The van der Waals surface area contributed by atoms with Crippen LogP contribution in [0.1, 0.15) is 42.1 Å². The van der Waals surface area contributed by atoms with Gasteiger partial charge in [-0.15, -0.1) is 0 Å². The minimum Gasteiger partial charge on any atom is -0.494 e. The molecule has 0 unspecified atom stereocenters. The van der Waals surface area contributed by atoms with Crippen molar-refractivity contribution in [2.24, 2.45) is 5.10 Å². The average molecular weight is 575 g/mol. The molecule has 1 fully saturated rings. The van der Waals surface area contributed by atoms with Crippen molar-refractivity contribution >= 4 is 32.9 Å². The Hall–Kier alpha value is -4.48. The Balaban J connectivity index is 1.44. The van der Waals surface area contributed by atoms with E-state index in [0.717, 1.165) is 23.8 Å². The number of benzene rings is 3. The van der Waals surface area contributed by atoms with Crippen LogP contribution in [-0.2, 0) is 10.0 Å². The second kappa shape index (κ2) is 11.9. The van der Waals surface area contributed by atoms with E-state index in [9.17, 15) is 23.1 Å². The van der Waals surface area contributed by atoms with Crippen molar-refractivity contribution in [2.75, 3.05) is 19.7 Å². The number of ether oxygens (including phenoxy) is 1. The minimum atomic E-state index is -3.71. The number of aromatic hydroxyl groups is 1. The Morgan fingerprint density at radius 3 is 2.41 bits per heavy atom. The number of sulfonamides is 1. The molecule has 0 spiro atoms. The number of hydrogen-bond acceptors (Lipinski definition) is 7. The Bertz CT molecular complexity index is 1780. The summed E-state index contributed by atoms with van der Waals surface area (Å²) in [6.07, 6.45) is 3.87. The number of pyridine rings is 1. The molecule has 3 aromatic carbocycles. The number of fused-ring (bicyclic) bond motifs is 1. The largest absolute Gasteiger partial charge is 0.494 e. The third kappa shape index (κ3) is 5.72. The monoisotopic (exact) mass is 574 g/mol. The first kappa shape index (κ1) is 28.1. The summed E-state index contributed by atoms with van der Waals surface area (Å²) in [6, 6.07) is 19.3. The number of carbonyl (C=O) groups excluding carboxylic acids is 1. The van der Waals surface area contributed by atoms with Crippen molar-refractivity contribution in [3.63, 3.8) is 0 Å². The van der Waals surface area contributed by atoms with Crippen molar-refractivity contribution in [3.05, 3.63) is 94.3 Å². The molecule has 4 aromatic rings. The summed E-state index contributed by atoms with van der Waals surface area (Å²) >= 11 is 0. The number of amides is 1. The van der Waals surface area contributed by atoms with Crippen LogP contribution in [0.2, 0.25) is 0 Å². The van der Waals surface area contributed by atoms with Crippen molar-refractivity contribution in [2.45, 2.75) is 31.1 Å². The van der Waals surface area contributed by atoms with Gasteiger partial charge in [0, 0.05) is 29.4 Å². The van der Waals surface area contributed by atoms with Crippen LogP contribution in [0.25, 0.3) is 16.5 Å². The lowest BCUT2D eigenvalue weighted by atomic mass is 10.1. The van der Waals surface area contributed by atoms with E-state index in [1.807, 2.05) is 6.92 Å². The third-order valence-electron chi connectivity index (χ3n) is 6.92. The third-order valence-corrected chi connectivity index (χ3v) is 8.81. The standard InChI is InChI=1S/C30H30N4O6S/c1-2-40-23-15-13-22(14-16-23)34-29(36)26-12-5-4-11-25(26)27(30(34)37)20-31-32-28(35)21-9-8-10-24(19-21)41(38,39)33-17-6-3-7-18-33/h4-5,8-16,19-20,37H,2-3,6-7,17-18H2,1H3,(H,32,35)/b31-20+. The molecule has 2 N–H and O–H groups in total. The van der Waals surface area contributed by atoms with Gasteiger partial charge < -0.3 is 9.84 Å². The fourth-order valence-electron chi connectivity index (χ4n) is 4.86. The highest BCUT2D eigenvalue weighted by Crippen LogP contribution is 2.27. The lowest BCUT2D eigenvalue weighted by Gasteiger charge is -2.25. The van der Waals surface area contributed by atoms with Gasteiger partial charge in [-0.3, -0.25) is 9.59 Å². The molecule has 0 radical (unpaired) electrons. The van der Waals surface area contributed by atoms with Crippen molar-refractivity contribution in [1.29, 1.82) is 0 Å². The summed E-state index contributed by atoms with van der Waals surface area (Å²) in [5, 5.41) is 16.0. The molecule has 10 nitrogen and oxygen atoms in total. The molecule has 1 amide bonds. The van der Waals surface area contributed by atoms with Crippen LogP contribution in [0.15, 0.2) is 87.6 Å². The van der Waals surface area contributed by atoms with Crippen LogP contribution in [0.4, 0.5) is 0 Å². The van der Waals surface area contributed by atoms with Gasteiger partial charge in [0.15, 0.2) is 0 Å². The minimum absolute atomic E-state index is 0.0436. The van der Waals surface area contributed by atoms with Gasteiger partial charge in [0.25, 0.3) is 11.5 Å². The predicted octanol–water partition coefficient (Wildman–Crippen LogP) is 4.03. The van der Waals surface area contributed by atoms with Gasteiger partial charge in [-0.2, -0.15) is 9.41 Å². The zero-order valence-electron chi connectivity index (χ0n) is 22.5. The maximum atomic E-state index is 13.3. The second-order valence-electron chi connectivity index (χ2n) is 9.54. The summed E-state index contributed by atoms with van der Waals surface area (Å²) in [6.45, 7) is 3.27. The highest BCUT2D eigenvalue weighted by molar-refractivity contribution is 7.89. The zero-order chi connectivity index (χ0) is 29.0. The number of hydrazone groups is 1. The topological polar surface area (TPSA) is 130 Å². The van der Waals surface area contributed by atoms with Gasteiger partial charge in [-0.05, 0) is 68.3 Å². The molecule has 1 aromatic heterocycles. The van der Waals surface area contributed by atoms with Gasteiger partial charge in [0.1, 0.15) is 5.75 Å². The first-order chi connectivity index (χ1) is 19.8. The van der Waals surface area contributed by atoms with Crippen molar-refractivity contribution < 1.29 is 23.1 Å². The smallest absolute Gasteiger partial charge is 0.271 e. The Morgan fingerprint density at radius 2 is 1.71 bits per heavy atom. The van der Waals surface area contributed by atoms with Crippen LogP contribution < -0.4 is 15.7 Å². The van der Waals surface area contributed by atoms with Crippen LogP contribution in [0.3, 0.4) is 0 Å². The maximum Gasteiger partial charge on any atom is 0.271 e. The molecule has 1 aliphatic rings. The maximum absolute atomic E-state index is 13.3. The number of nitrogens with one attached hydrogen (secondary N) is 1. The molecule has 1 saturated heterocycles. The van der Waals surface area contributed by atoms with E-state index < -0.39 is 21.5 Å². The summed E-state index contributed by atoms with van der Waals surface area (Å²) in [5.41, 5.74) is 2.74. The molecule has 0 bridgehead atoms. The number of rotatable bonds is 8. The first-order valence-corrected chi connectivity index (χ1v) is 14.8. The Labute approximate surface area is 237 Å². The summed E-state index contributed by atoms with van der Waals surface area (Å²) in [5.74, 6) is -0.354. The Kier molecular flexibility index (Phi) is 8.18. The van der Waals surface area contributed by atoms with Gasteiger partial charge in [-0.1, -0.05) is 30.7 Å². The van der Waals surface area contributed by atoms with Crippen molar-refractivity contribution in [3.8, 4) is 17.3 Å². The number of nitrogens with zero attached hydrogens (tertiary/aromatic N) is 3. The van der Waals surface area contributed by atoms with Crippen LogP contribution in [-0.4, -0.2) is 54.2 Å². The van der Waals surface area contributed by atoms with E-state index in [0.29, 0.717) is 41.9 Å².